The van der Waals surface area contributed by atoms with Gasteiger partial charge in [0.2, 0.25) is 5.91 Å². The highest BCUT2D eigenvalue weighted by atomic mass is 28.4. The van der Waals surface area contributed by atoms with Crippen molar-refractivity contribution in [1.29, 1.82) is 0 Å². The van der Waals surface area contributed by atoms with Crippen molar-refractivity contribution in [2.45, 2.75) is 64.4 Å². The molecule has 0 bridgehead atoms. The molecule has 0 N–H and O–H groups in total. The van der Waals surface area contributed by atoms with Crippen molar-refractivity contribution in [3.8, 4) is 0 Å². The van der Waals surface area contributed by atoms with Crippen LogP contribution in [-0.4, -0.2) is 31.8 Å². The summed E-state index contributed by atoms with van der Waals surface area (Å²) in [4.78, 5) is 14.1. The van der Waals surface area contributed by atoms with Gasteiger partial charge < -0.3 is 9.33 Å². The fourth-order valence-corrected chi connectivity index (χ4v) is 3.91. The lowest BCUT2D eigenvalue weighted by Gasteiger charge is -2.42. The highest BCUT2D eigenvalue weighted by molar-refractivity contribution is 6.74. The van der Waals surface area contributed by atoms with E-state index in [0.717, 1.165) is 13.0 Å². The molecular weight excluding hydrogens is 290 g/mol. The van der Waals surface area contributed by atoms with E-state index in [2.05, 4.69) is 46.0 Å². The van der Waals surface area contributed by atoms with E-state index >= 15 is 0 Å². The third-order valence-electron chi connectivity index (χ3n) is 4.94. The minimum atomic E-state index is -1.77. The third-order valence-corrected chi connectivity index (χ3v) is 9.48. The van der Waals surface area contributed by atoms with Gasteiger partial charge in [-0.15, -0.1) is 0 Å². The molecule has 4 heteroatoms. The molecule has 1 amide bonds. The molecule has 1 aliphatic rings. The summed E-state index contributed by atoms with van der Waals surface area (Å²) in [7, 11) is -1.77. The van der Waals surface area contributed by atoms with Crippen LogP contribution >= 0.6 is 0 Å². The van der Waals surface area contributed by atoms with Gasteiger partial charge in [-0.2, -0.15) is 0 Å². The molecule has 1 aromatic rings. The normalized spacial score (nSPS) is 20.3. The predicted octanol–water partition coefficient (Wildman–Crippen LogP) is 4.20. The number of rotatable bonds is 4. The summed E-state index contributed by atoms with van der Waals surface area (Å²) in [6, 6.07) is 10.2. The van der Waals surface area contributed by atoms with Gasteiger partial charge in [0, 0.05) is 19.5 Å². The fraction of sp³-hybridized carbons (Fsp3) is 0.611. The van der Waals surface area contributed by atoms with Crippen molar-refractivity contribution >= 4 is 14.2 Å². The Morgan fingerprint density at radius 1 is 1.23 bits per heavy atom. The topological polar surface area (TPSA) is 29.5 Å². The Bertz CT molecular complexity index is 508. The molecule has 0 radical (unpaired) electrons. The zero-order valence-electron chi connectivity index (χ0n) is 14.6. The van der Waals surface area contributed by atoms with Crippen LogP contribution in [0.25, 0.3) is 0 Å². The van der Waals surface area contributed by atoms with Crippen LogP contribution in [0.3, 0.4) is 0 Å². The van der Waals surface area contributed by atoms with E-state index in [0.29, 0.717) is 13.0 Å². The van der Waals surface area contributed by atoms with Gasteiger partial charge in [0.25, 0.3) is 0 Å². The second-order valence-corrected chi connectivity index (χ2v) is 12.6. The number of piperidine rings is 1. The Balaban J connectivity index is 2.01. The number of nitrogens with zero attached hydrogens (tertiary/aromatic N) is 1. The lowest BCUT2D eigenvalue weighted by atomic mass is 10.1. The lowest BCUT2D eigenvalue weighted by molar-refractivity contribution is -0.137. The Morgan fingerprint density at radius 3 is 2.45 bits per heavy atom. The molecule has 0 unspecified atom stereocenters. The molecule has 122 valence electrons. The van der Waals surface area contributed by atoms with Gasteiger partial charge in [0.1, 0.15) is 0 Å². The summed E-state index contributed by atoms with van der Waals surface area (Å²) in [5.41, 5.74) is 1.18. The molecule has 1 heterocycles. The van der Waals surface area contributed by atoms with Crippen LogP contribution in [0.5, 0.6) is 0 Å². The van der Waals surface area contributed by atoms with Crippen molar-refractivity contribution < 1.29 is 9.22 Å². The Hall–Kier alpha value is -1.13. The van der Waals surface area contributed by atoms with Crippen molar-refractivity contribution in [3.63, 3.8) is 0 Å². The zero-order valence-corrected chi connectivity index (χ0v) is 15.6. The van der Waals surface area contributed by atoms with Crippen molar-refractivity contribution in [1.82, 2.24) is 4.90 Å². The molecule has 0 aliphatic carbocycles. The molecule has 1 aromatic carbocycles. The number of benzene rings is 1. The summed E-state index contributed by atoms with van der Waals surface area (Å²) in [5.74, 6) is 0.249. The first-order chi connectivity index (χ1) is 10.2. The van der Waals surface area contributed by atoms with Crippen LogP contribution in [0.15, 0.2) is 30.3 Å². The molecule has 1 aliphatic heterocycles. The Morgan fingerprint density at radius 2 is 1.86 bits per heavy atom. The largest absolute Gasteiger partial charge is 0.412 e. The van der Waals surface area contributed by atoms with E-state index < -0.39 is 8.32 Å². The molecule has 3 nitrogen and oxygen atoms in total. The summed E-state index contributed by atoms with van der Waals surface area (Å²) in [5, 5.41) is 0.207. The molecule has 0 aromatic heterocycles. The maximum Gasteiger partial charge on any atom is 0.223 e. The van der Waals surface area contributed by atoms with Gasteiger partial charge >= 0.3 is 0 Å². The highest BCUT2D eigenvalue weighted by Gasteiger charge is 2.40. The molecule has 1 saturated heterocycles. The summed E-state index contributed by atoms with van der Waals surface area (Å²) >= 11 is 0. The maximum atomic E-state index is 12.2. The second-order valence-electron chi connectivity index (χ2n) is 7.80. The molecule has 0 spiro atoms. The van der Waals surface area contributed by atoms with Crippen LogP contribution in [0.1, 0.15) is 39.2 Å². The highest BCUT2D eigenvalue weighted by Crippen LogP contribution is 2.38. The van der Waals surface area contributed by atoms with Crippen molar-refractivity contribution in [2.24, 2.45) is 0 Å². The van der Waals surface area contributed by atoms with Crippen LogP contribution in [0.2, 0.25) is 18.1 Å². The SMILES string of the molecule is CC(C)(C)[Si](C)(C)O[C@H]1CCC(=O)N(Cc2ccccc2)C1. The van der Waals surface area contributed by atoms with Gasteiger partial charge in [0.05, 0.1) is 6.10 Å². The van der Waals surface area contributed by atoms with Gasteiger partial charge in [-0.3, -0.25) is 4.79 Å². The molecule has 2 rings (SSSR count). The van der Waals surface area contributed by atoms with Crippen molar-refractivity contribution in [3.05, 3.63) is 35.9 Å². The number of carbonyl (C=O) groups excluding carboxylic acids is 1. The standard InChI is InChI=1S/C18H29NO2Si/c1-18(2,3)22(4,5)21-16-11-12-17(20)19(14-16)13-15-9-7-6-8-10-15/h6-10,16H,11-14H2,1-5H3/t16-/m0/s1. The summed E-state index contributed by atoms with van der Waals surface area (Å²) in [6.45, 7) is 12.8. The van der Waals surface area contributed by atoms with Gasteiger partial charge in [-0.05, 0) is 30.1 Å². The third kappa shape index (κ3) is 4.20. The van der Waals surface area contributed by atoms with Gasteiger partial charge in [-0.25, -0.2) is 0 Å². The van der Waals surface area contributed by atoms with E-state index in [-0.39, 0.29) is 17.0 Å². The number of hydrogen-bond donors (Lipinski definition) is 0. The maximum absolute atomic E-state index is 12.2. The fourth-order valence-electron chi connectivity index (χ4n) is 2.53. The number of amides is 1. The predicted molar refractivity (Wildman–Crippen MR) is 93.2 cm³/mol. The average molecular weight is 320 g/mol. The zero-order chi connectivity index (χ0) is 16.4. The molecule has 22 heavy (non-hydrogen) atoms. The average Bonchev–Trinajstić information content (AvgIpc) is 2.42. The van der Waals surface area contributed by atoms with Crippen molar-refractivity contribution in [2.75, 3.05) is 6.54 Å². The molecular formula is C18H29NO2Si. The van der Waals surface area contributed by atoms with Crippen LogP contribution in [0, 0.1) is 0 Å². The van der Waals surface area contributed by atoms with Gasteiger partial charge in [-0.1, -0.05) is 51.1 Å². The Labute approximate surface area is 135 Å². The number of carbonyl (C=O) groups is 1. The quantitative estimate of drug-likeness (QED) is 0.778. The Kier molecular flexibility index (Phi) is 5.13. The molecule has 1 atom stereocenters. The van der Waals surface area contributed by atoms with E-state index in [4.69, 9.17) is 4.43 Å². The van der Waals surface area contributed by atoms with Crippen LogP contribution in [-0.2, 0) is 15.8 Å². The smallest absolute Gasteiger partial charge is 0.223 e. The minimum absolute atomic E-state index is 0.183. The van der Waals surface area contributed by atoms with E-state index in [1.54, 1.807) is 0 Å². The minimum Gasteiger partial charge on any atom is -0.412 e. The first-order valence-corrected chi connectivity index (χ1v) is 11.1. The van der Waals surface area contributed by atoms with Crippen LogP contribution < -0.4 is 0 Å². The number of hydrogen-bond acceptors (Lipinski definition) is 2. The van der Waals surface area contributed by atoms with Gasteiger partial charge in [0.15, 0.2) is 8.32 Å². The van der Waals surface area contributed by atoms with E-state index in [1.807, 2.05) is 23.1 Å². The second kappa shape index (κ2) is 6.55. The lowest BCUT2D eigenvalue weighted by Crippen LogP contribution is -2.50. The van der Waals surface area contributed by atoms with Crippen LogP contribution in [0.4, 0.5) is 0 Å². The summed E-state index contributed by atoms with van der Waals surface area (Å²) < 4.78 is 6.50. The first kappa shape index (κ1) is 17.2. The molecule has 0 saturated carbocycles. The molecule has 1 fully saturated rings. The monoisotopic (exact) mass is 319 g/mol. The first-order valence-electron chi connectivity index (χ1n) is 8.18. The number of likely N-dealkylation sites (tertiary alicyclic amines) is 1. The van der Waals surface area contributed by atoms with E-state index in [1.165, 1.54) is 5.56 Å². The van der Waals surface area contributed by atoms with E-state index in [9.17, 15) is 4.79 Å². The summed E-state index contributed by atoms with van der Waals surface area (Å²) in [6.07, 6.45) is 1.64.